The van der Waals surface area contributed by atoms with E-state index in [9.17, 15) is 44.7 Å². The number of hydrogen-bond donors (Lipinski definition) is 6. The highest BCUT2D eigenvalue weighted by molar-refractivity contribution is 5.89. The van der Waals surface area contributed by atoms with Gasteiger partial charge in [0.25, 0.3) is 0 Å². The first-order valence-corrected chi connectivity index (χ1v) is 19.5. The Morgan fingerprint density at radius 1 is 0.418 bits per heavy atom. The van der Waals surface area contributed by atoms with E-state index in [1.165, 1.54) is 66.7 Å². The molecule has 0 aromatic heterocycles. The maximum atomic E-state index is 11.7. The smallest absolute Gasteiger partial charge is 0.349 e. The molecule has 0 aliphatic rings. The van der Waals surface area contributed by atoms with Crippen LogP contribution in [0.15, 0.2) is 158 Å². The van der Waals surface area contributed by atoms with Gasteiger partial charge in [0.2, 0.25) is 0 Å². The molecule has 0 amide bonds. The molecule has 0 radical (unpaired) electrons. The van der Waals surface area contributed by atoms with Crippen molar-refractivity contribution in [2.24, 2.45) is 0 Å². The number of phenolic OH excluding ortho intramolecular Hbond substituents is 6. The molecule has 0 saturated heterocycles. The van der Waals surface area contributed by atoms with Gasteiger partial charge in [-0.25, -0.2) is 19.2 Å². The summed E-state index contributed by atoms with van der Waals surface area (Å²) in [6, 6.07) is 31.1. The molecule has 6 rings (SSSR count). The highest BCUT2D eigenvalue weighted by atomic mass is 16.6. The number of carbonyl (C=O) groups is 4. The highest BCUT2D eigenvalue weighted by Crippen LogP contribution is 2.33. The van der Waals surface area contributed by atoms with Crippen LogP contribution in [-0.2, 0) is 19.2 Å². The number of esters is 4. The third kappa shape index (κ3) is 17.0. The lowest BCUT2D eigenvalue weighted by Gasteiger charge is -2.08. The Balaban J connectivity index is 0.000000221. The van der Waals surface area contributed by atoms with E-state index in [4.69, 9.17) is 38.3 Å². The first-order chi connectivity index (χ1) is 31.9. The van der Waals surface area contributed by atoms with E-state index in [1.807, 2.05) is 12.1 Å². The Morgan fingerprint density at radius 3 is 1.09 bits per heavy atom. The number of hydrogen-bond acceptors (Lipinski definition) is 17. The zero-order valence-corrected chi connectivity index (χ0v) is 35.9. The van der Waals surface area contributed by atoms with Crippen molar-refractivity contribution in [3.63, 3.8) is 0 Å². The summed E-state index contributed by atoms with van der Waals surface area (Å²) in [7, 11) is 0. The van der Waals surface area contributed by atoms with E-state index in [0.29, 0.717) is 40.1 Å². The summed E-state index contributed by atoms with van der Waals surface area (Å²) in [5.74, 6) is -1.50. The molecule has 0 heterocycles. The Bertz CT molecular complexity index is 2710. The normalized spacial score (nSPS) is 9.94. The second-order valence-corrected chi connectivity index (χ2v) is 13.6. The molecule has 0 fully saturated rings. The van der Waals surface area contributed by atoms with Gasteiger partial charge in [0.1, 0.15) is 46.0 Å². The molecular formula is C50H44O17. The molecule has 6 aromatic carbocycles. The topological polar surface area (TPSA) is 254 Å². The molecule has 0 aliphatic carbocycles. The lowest BCUT2D eigenvalue weighted by atomic mass is 10.2. The minimum absolute atomic E-state index is 0.0750. The first-order valence-electron chi connectivity index (χ1n) is 19.5. The summed E-state index contributed by atoms with van der Waals surface area (Å²) in [6.07, 6.45) is 1.70. The molecule has 67 heavy (non-hydrogen) atoms. The summed E-state index contributed by atoms with van der Waals surface area (Å²) in [4.78, 5) is 46.0. The maximum Gasteiger partial charge on any atom is 0.349 e. The molecule has 346 valence electrons. The number of phenols is 6. The van der Waals surface area contributed by atoms with Crippen LogP contribution in [0.1, 0.15) is 19.4 Å². The molecule has 6 N–H and O–H groups in total. The first kappa shape index (κ1) is 50.3. The number of carbonyl (C=O) groups excluding carboxylic acids is 4. The van der Waals surface area contributed by atoms with Crippen LogP contribution in [0.3, 0.4) is 0 Å². The fraction of sp³-hybridized carbons (Fsp3) is 0.0800. The average molecular weight is 917 g/mol. The number of benzene rings is 6. The van der Waals surface area contributed by atoms with Gasteiger partial charge in [-0.1, -0.05) is 37.9 Å². The van der Waals surface area contributed by atoms with Crippen LogP contribution in [0.25, 0.3) is 6.08 Å². The molecule has 0 aliphatic heterocycles. The van der Waals surface area contributed by atoms with Crippen LogP contribution >= 0.6 is 0 Å². The Hall–Kier alpha value is -9.38. The van der Waals surface area contributed by atoms with Crippen LogP contribution in [0, 0.1) is 0 Å². The van der Waals surface area contributed by atoms with Crippen LogP contribution in [-0.4, -0.2) is 67.7 Å². The number of ether oxygens (including phenoxy) is 7. The van der Waals surface area contributed by atoms with Crippen LogP contribution in [0.5, 0.6) is 80.5 Å². The second kappa shape index (κ2) is 24.5. The van der Waals surface area contributed by atoms with Crippen LogP contribution < -0.4 is 33.2 Å². The third-order valence-electron chi connectivity index (χ3n) is 8.13. The predicted molar refractivity (Wildman–Crippen MR) is 242 cm³/mol. The summed E-state index contributed by atoms with van der Waals surface area (Å²) >= 11 is 0. The van der Waals surface area contributed by atoms with Crippen molar-refractivity contribution < 1.29 is 83.0 Å². The number of aromatic hydroxyl groups is 6. The average Bonchev–Trinajstić information content (AvgIpc) is 3.30. The minimum atomic E-state index is -0.692. The van der Waals surface area contributed by atoms with Gasteiger partial charge >= 0.3 is 23.9 Å². The van der Waals surface area contributed by atoms with Gasteiger partial charge in [-0.15, -0.1) is 0 Å². The second-order valence-electron chi connectivity index (χ2n) is 13.6. The van der Waals surface area contributed by atoms with Crippen molar-refractivity contribution in [2.45, 2.75) is 13.8 Å². The van der Waals surface area contributed by atoms with E-state index >= 15 is 0 Å². The zero-order chi connectivity index (χ0) is 49.0. The van der Waals surface area contributed by atoms with Gasteiger partial charge in [0, 0.05) is 29.3 Å². The van der Waals surface area contributed by atoms with Crippen molar-refractivity contribution in [1.29, 1.82) is 0 Å². The monoisotopic (exact) mass is 916 g/mol. The van der Waals surface area contributed by atoms with E-state index < -0.39 is 29.6 Å². The summed E-state index contributed by atoms with van der Waals surface area (Å²) in [5, 5.41) is 55.5. The maximum absolute atomic E-state index is 11.7. The largest absolute Gasteiger partial charge is 0.504 e. The van der Waals surface area contributed by atoms with E-state index in [-0.39, 0.29) is 59.0 Å². The Kier molecular flexibility index (Phi) is 18.4. The predicted octanol–water partition coefficient (Wildman–Crippen LogP) is 8.66. The molecule has 17 nitrogen and oxygen atoms in total. The minimum Gasteiger partial charge on any atom is -0.504 e. The standard InChI is InChI=1S/C18H16O7.2C16H14O5/c1-11(2)18(22)25-13-5-3-12(4-6-13)23-10-17(21)24-14-7-8-15(19)16(20)9-14;1-10(2)16(19)21-12-5-3-11(4-6-12)20-13-7-8-14(17)15(18)9-13;1-2-11-3-5-12(6-4-11)20-10-16(19)21-13-7-8-14(17)15(18)9-13/h3-9,19-20H,1,10H2,2H3;3-9,17-18H,1H2,2H3;2-9,17-18H,1,10H2. The third-order valence-corrected chi connectivity index (χ3v) is 8.13. The summed E-state index contributed by atoms with van der Waals surface area (Å²) < 4.78 is 36.0. The number of rotatable bonds is 15. The lowest BCUT2D eigenvalue weighted by molar-refractivity contribution is -0.137. The Morgan fingerprint density at radius 2 is 0.731 bits per heavy atom. The van der Waals surface area contributed by atoms with E-state index in [2.05, 4.69) is 19.7 Å². The van der Waals surface area contributed by atoms with Gasteiger partial charge in [0.05, 0.1) is 0 Å². The van der Waals surface area contributed by atoms with E-state index in [0.717, 1.165) is 17.7 Å². The van der Waals surface area contributed by atoms with Crippen molar-refractivity contribution in [3.05, 3.63) is 164 Å². The molecule has 0 spiro atoms. The molecule has 0 atom stereocenters. The molecule has 0 unspecified atom stereocenters. The SMILES string of the molecule is C=C(C)C(=O)Oc1ccc(OCC(=O)Oc2ccc(O)c(O)c2)cc1.C=C(C)C(=O)Oc1ccc(Oc2ccc(O)c(O)c2)cc1.C=Cc1ccc(OCC(=O)Oc2ccc(O)c(O)c2)cc1. The van der Waals surface area contributed by atoms with Crippen LogP contribution in [0.4, 0.5) is 0 Å². The quantitative estimate of drug-likeness (QED) is 0.0244. The van der Waals surface area contributed by atoms with Gasteiger partial charge < -0.3 is 63.8 Å². The van der Waals surface area contributed by atoms with Crippen LogP contribution in [0.2, 0.25) is 0 Å². The molecule has 0 saturated carbocycles. The van der Waals surface area contributed by atoms with Crippen molar-refractivity contribution in [3.8, 4) is 80.5 Å². The summed E-state index contributed by atoms with van der Waals surface area (Å²) in [6.45, 7) is 13.1. The molecule has 0 bridgehead atoms. The van der Waals surface area contributed by atoms with Crippen molar-refractivity contribution in [1.82, 2.24) is 0 Å². The van der Waals surface area contributed by atoms with Gasteiger partial charge in [0.15, 0.2) is 47.7 Å². The fourth-order valence-electron chi connectivity index (χ4n) is 4.71. The molecule has 17 heteroatoms. The Labute approximate surface area is 383 Å². The fourth-order valence-corrected chi connectivity index (χ4v) is 4.71. The lowest BCUT2D eigenvalue weighted by Crippen LogP contribution is -2.17. The van der Waals surface area contributed by atoms with Gasteiger partial charge in [-0.3, -0.25) is 0 Å². The van der Waals surface area contributed by atoms with Crippen molar-refractivity contribution >= 4 is 30.0 Å². The van der Waals surface area contributed by atoms with Crippen molar-refractivity contribution in [2.75, 3.05) is 13.2 Å². The van der Waals surface area contributed by atoms with E-state index in [1.54, 1.807) is 56.3 Å². The highest BCUT2D eigenvalue weighted by Gasteiger charge is 2.12. The van der Waals surface area contributed by atoms with Gasteiger partial charge in [-0.2, -0.15) is 0 Å². The summed E-state index contributed by atoms with van der Waals surface area (Å²) in [5.41, 5.74) is 1.54. The molecular weight excluding hydrogens is 873 g/mol. The zero-order valence-electron chi connectivity index (χ0n) is 35.9. The van der Waals surface area contributed by atoms with Gasteiger partial charge in [-0.05, 0) is 116 Å². The molecule has 6 aromatic rings.